The quantitative estimate of drug-likeness (QED) is 0.0912. The van der Waals surface area contributed by atoms with E-state index in [1.54, 1.807) is 55.3 Å². The molecule has 0 saturated carbocycles. The van der Waals surface area contributed by atoms with Gasteiger partial charge in [-0.05, 0) is 13.8 Å². The first-order valence-electron chi connectivity index (χ1n) is 9.57. The minimum absolute atomic E-state index is 0.0901. The summed E-state index contributed by atoms with van der Waals surface area (Å²) in [5.74, 6) is 3.15. The number of hydrogen-bond acceptors (Lipinski definition) is 7. The molecule has 0 fully saturated rings. The van der Waals surface area contributed by atoms with Gasteiger partial charge in [-0.3, -0.25) is 4.79 Å². The summed E-state index contributed by atoms with van der Waals surface area (Å²) in [5.41, 5.74) is 2.36. The number of aromatic nitrogens is 2. The molecule has 2 rings (SSSR count). The van der Waals surface area contributed by atoms with Crippen LogP contribution in [0, 0.1) is 19.3 Å². The second-order valence-electron chi connectivity index (χ2n) is 6.17. The fourth-order valence-electron chi connectivity index (χ4n) is 2.58. The zero-order chi connectivity index (χ0) is 21.8. The number of ether oxygens (including phenoxy) is 1. The van der Waals surface area contributed by atoms with Crippen LogP contribution in [-0.2, 0) is 15.3 Å². The van der Waals surface area contributed by atoms with E-state index in [0.717, 1.165) is 22.9 Å². The molecular formula is C22H26N4O3S. The molecule has 3 N–H and O–H groups in total. The van der Waals surface area contributed by atoms with Crippen LogP contribution in [-0.4, -0.2) is 47.2 Å². The molecule has 0 amide bonds. The standard InChI is InChI=1S/C22H26N4O3S/c1-4-11-23-21(24-12-13-30-14-18-16(3)25-15-26-18)19(22(28)29-5-2)20(27)17-9-7-6-8-10-17/h1,6-10,15,23-24H,5,11-14H2,2-3H3,(H,25,26)/b21-19+. The van der Waals surface area contributed by atoms with Crippen molar-refractivity contribution in [2.75, 3.05) is 25.4 Å². The summed E-state index contributed by atoms with van der Waals surface area (Å²) in [5, 5.41) is 6.10. The minimum Gasteiger partial charge on any atom is -0.462 e. The Hall–Kier alpha value is -3.18. The van der Waals surface area contributed by atoms with E-state index in [1.165, 1.54) is 0 Å². The largest absolute Gasteiger partial charge is 0.462 e. The molecule has 0 bridgehead atoms. The first-order chi connectivity index (χ1) is 14.6. The van der Waals surface area contributed by atoms with Crippen LogP contribution in [0.2, 0.25) is 0 Å². The summed E-state index contributed by atoms with van der Waals surface area (Å²) < 4.78 is 5.13. The Kier molecular flexibility index (Phi) is 9.55. The van der Waals surface area contributed by atoms with E-state index in [0.29, 0.717) is 12.1 Å². The van der Waals surface area contributed by atoms with Crippen LogP contribution >= 0.6 is 11.8 Å². The minimum atomic E-state index is -0.695. The Morgan fingerprint density at radius 2 is 2.03 bits per heavy atom. The number of rotatable bonds is 12. The number of carbonyl (C=O) groups is 2. The first kappa shape index (κ1) is 23.1. The number of thioether (sulfide) groups is 1. The highest BCUT2D eigenvalue weighted by molar-refractivity contribution is 7.98. The lowest BCUT2D eigenvalue weighted by atomic mass is 10.0. The lowest BCUT2D eigenvalue weighted by molar-refractivity contribution is -0.138. The molecule has 0 unspecified atom stereocenters. The highest BCUT2D eigenvalue weighted by Crippen LogP contribution is 2.14. The molecule has 8 heteroatoms. The molecule has 0 aliphatic carbocycles. The Labute approximate surface area is 181 Å². The number of nitrogens with one attached hydrogen (secondary N) is 3. The van der Waals surface area contributed by atoms with Gasteiger partial charge in [0.1, 0.15) is 11.4 Å². The number of nitrogens with zero attached hydrogens (tertiary/aromatic N) is 1. The SMILES string of the molecule is C#CCN/C(NCCSCc1[nH]cnc1C)=C(\C(=O)OCC)C(=O)c1ccccc1. The molecule has 0 saturated heterocycles. The highest BCUT2D eigenvalue weighted by atomic mass is 32.2. The molecule has 0 atom stereocenters. The maximum absolute atomic E-state index is 13.0. The van der Waals surface area contributed by atoms with E-state index in [2.05, 4.69) is 26.5 Å². The molecule has 1 aromatic carbocycles. The van der Waals surface area contributed by atoms with Crippen LogP contribution in [0.1, 0.15) is 28.7 Å². The lowest BCUT2D eigenvalue weighted by Gasteiger charge is -2.16. The average molecular weight is 427 g/mol. The predicted octanol–water partition coefficient (Wildman–Crippen LogP) is 2.42. The first-order valence-corrected chi connectivity index (χ1v) is 10.7. The van der Waals surface area contributed by atoms with Crippen molar-refractivity contribution in [2.24, 2.45) is 0 Å². The van der Waals surface area contributed by atoms with Gasteiger partial charge in [0.05, 0.1) is 25.2 Å². The molecular weight excluding hydrogens is 400 g/mol. The molecule has 0 spiro atoms. The lowest BCUT2D eigenvalue weighted by Crippen LogP contribution is -2.34. The monoisotopic (exact) mass is 426 g/mol. The van der Waals surface area contributed by atoms with E-state index in [9.17, 15) is 9.59 Å². The average Bonchev–Trinajstić information content (AvgIpc) is 3.16. The summed E-state index contributed by atoms with van der Waals surface area (Å²) in [4.78, 5) is 32.9. The van der Waals surface area contributed by atoms with E-state index < -0.39 is 11.8 Å². The molecule has 2 aromatic rings. The molecule has 7 nitrogen and oxygen atoms in total. The third kappa shape index (κ3) is 6.71. The fourth-order valence-corrected chi connectivity index (χ4v) is 3.47. The van der Waals surface area contributed by atoms with E-state index in [4.69, 9.17) is 11.2 Å². The summed E-state index contributed by atoms with van der Waals surface area (Å²) in [6, 6.07) is 8.60. The zero-order valence-electron chi connectivity index (χ0n) is 17.2. The van der Waals surface area contributed by atoms with Crippen LogP contribution in [0.5, 0.6) is 0 Å². The Morgan fingerprint density at radius 3 is 2.67 bits per heavy atom. The van der Waals surface area contributed by atoms with Crippen LogP contribution in [0.25, 0.3) is 0 Å². The molecule has 0 aliphatic heterocycles. The number of ketones is 1. The third-order valence-electron chi connectivity index (χ3n) is 4.09. The van der Waals surface area contributed by atoms with Gasteiger partial charge in [0.15, 0.2) is 0 Å². The number of imidazole rings is 1. The summed E-state index contributed by atoms with van der Waals surface area (Å²) in [6.45, 7) is 4.49. The van der Waals surface area contributed by atoms with Gasteiger partial charge in [-0.1, -0.05) is 36.3 Å². The number of terminal acetylenes is 1. The zero-order valence-corrected chi connectivity index (χ0v) is 18.0. The number of H-pyrrole nitrogens is 1. The van der Waals surface area contributed by atoms with Gasteiger partial charge in [0.25, 0.3) is 0 Å². The highest BCUT2D eigenvalue weighted by Gasteiger charge is 2.26. The van der Waals surface area contributed by atoms with E-state index >= 15 is 0 Å². The predicted molar refractivity (Wildman–Crippen MR) is 119 cm³/mol. The molecule has 0 radical (unpaired) electrons. The van der Waals surface area contributed by atoms with E-state index in [-0.39, 0.29) is 24.5 Å². The molecule has 1 aromatic heterocycles. The van der Waals surface area contributed by atoms with Gasteiger partial charge >= 0.3 is 5.97 Å². The number of Topliss-reactive ketones (excluding diaryl/α,β-unsaturated/α-hetero) is 1. The van der Waals surface area contributed by atoms with Crippen molar-refractivity contribution in [3.05, 3.63) is 65.0 Å². The third-order valence-corrected chi connectivity index (χ3v) is 5.07. The maximum atomic E-state index is 13.0. The van der Waals surface area contributed by atoms with Crippen molar-refractivity contribution in [1.82, 2.24) is 20.6 Å². The normalized spacial score (nSPS) is 11.2. The summed E-state index contributed by atoms with van der Waals surface area (Å²) in [7, 11) is 0. The molecule has 158 valence electrons. The van der Waals surface area contributed by atoms with E-state index in [1.807, 2.05) is 6.92 Å². The fraction of sp³-hybridized carbons (Fsp3) is 0.318. The molecule has 0 aliphatic rings. The number of hydrogen-bond donors (Lipinski definition) is 3. The Morgan fingerprint density at radius 1 is 1.27 bits per heavy atom. The van der Waals surface area contributed by atoms with Gasteiger partial charge in [-0.15, -0.1) is 6.42 Å². The number of aryl methyl sites for hydroxylation is 1. The van der Waals surface area contributed by atoms with Gasteiger partial charge in [-0.2, -0.15) is 11.8 Å². The van der Waals surface area contributed by atoms with Crippen LogP contribution in [0.4, 0.5) is 0 Å². The number of benzene rings is 1. The number of aromatic amines is 1. The van der Waals surface area contributed by atoms with Crippen molar-refractivity contribution < 1.29 is 14.3 Å². The smallest absolute Gasteiger partial charge is 0.345 e. The van der Waals surface area contributed by atoms with Crippen molar-refractivity contribution in [2.45, 2.75) is 19.6 Å². The van der Waals surface area contributed by atoms with Crippen molar-refractivity contribution in [3.63, 3.8) is 0 Å². The summed E-state index contributed by atoms with van der Waals surface area (Å²) in [6.07, 6.45) is 7.04. The van der Waals surface area contributed by atoms with Gasteiger partial charge in [0.2, 0.25) is 5.78 Å². The van der Waals surface area contributed by atoms with Crippen molar-refractivity contribution >= 4 is 23.5 Å². The van der Waals surface area contributed by atoms with Crippen molar-refractivity contribution in [3.8, 4) is 12.3 Å². The number of esters is 1. The topological polar surface area (TPSA) is 96.1 Å². The number of carbonyl (C=O) groups excluding carboxylic acids is 2. The summed E-state index contributed by atoms with van der Waals surface area (Å²) >= 11 is 1.70. The molecule has 30 heavy (non-hydrogen) atoms. The van der Waals surface area contributed by atoms with Crippen LogP contribution in [0.3, 0.4) is 0 Å². The van der Waals surface area contributed by atoms with Crippen LogP contribution < -0.4 is 10.6 Å². The Balaban J connectivity index is 2.15. The Bertz CT molecular complexity index is 916. The van der Waals surface area contributed by atoms with Gasteiger partial charge < -0.3 is 20.4 Å². The molecule has 1 heterocycles. The van der Waals surface area contributed by atoms with Crippen LogP contribution in [0.15, 0.2) is 48.1 Å². The van der Waals surface area contributed by atoms with Gasteiger partial charge in [0, 0.05) is 29.3 Å². The second kappa shape index (κ2) is 12.4. The van der Waals surface area contributed by atoms with Gasteiger partial charge in [-0.25, -0.2) is 9.78 Å². The van der Waals surface area contributed by atoms with Crippen molar-refractivity contribution in [1.29, 1.82) is 0 Å². The maximum Gasteiger partial charge on any atom is 0.345 e. The second-order valence-corrected chi connectivity index (χ2v) is 7.27.